The highest BCUT2D eigenvalue weighted by Crippen LogP contribution is 2.26. The standard InChI is InChI=1S/C25H20ClN3O3/c26-20-6-7-22-19(13-20)14-23(32-22)25(31)29-10-9-28-24(30)21(29)12-16-3-1-4-17(11-16)18-5-2-8-27-15-18/h1-8,11,13-15,21H,9-10,12H2,(H,28,30)/t21-/m1/s1. The molecule has 0 spiro atoms. The first-order chi connectivity index (χ1) is 15.6. The summed E-state index contributed by atoms with van der Waals surface area (Å²) in [7, 11) is 0. The van der Waals surface area contributed by atoms with Gasteiger partial charge in [-0.3, -0.25) is 14.6 Å². The van der Waals surface area contributed by atoms with Gasteiger partial charge >= 0.3 is 0 Å². The predicted octanol–water partition coefficient (Wildman–Crippen LogP) is 4.33. The number of halogens is 1. The van der Waals surface area contributed by atoms with Crippen molar-refractivity contribution >= 4 is 34.4 Å². The van der Waals surface area contributed by atoms with Crippen molar-refractivity contribution in [1.29, 1.82) is 0 Å². The molecule has 4 aromatic rings. The Balaban J connectivity index is 1.43. The topological polar surface area (TPSA) is 75.4 Å². The molecule has 7 heteroatoms. The molecular formula is C25H20ClN3O3. The van der Waals surface area contributed by atoms with Crippen LogP contribution in [0.4, 0.5) is 0 Å². The highest BCUT2D eigenvalue weighted by Gasteiger charge is 2.35. The molecule has 1 N–H and O–H groups in total. The number of hydrogen-bond acceptors (Lipinski definition) is 4. The fourth-order valence-corrected chi connectivity index (χ4v) is 4.24. The molecule has 1 atom stereocenters. The first-order valence-electron chi connectivity index (χ1n) is 10.4. The average Bonchev–Trinajstić information content (AvgIpc) is 3.24. The summed E-state index contributed by atoms with van der Waals surface area (Å²) in [5, 5.41) is 4.20. The molecule has 2 amide bonds. The quantitative estimate of drug-likeness (QED) is 0.507. The molecule has 0 unspecified atom stereocenters. The van der Waals surface area contributed by atoms with Gasteiger partial charge in [0.05, 0.1) is 0 Å². The van der Waals surface area contributed by atoms with Gasteiger partial charge in [0.2, 0.25) is 5.91 Å². The number of carbonyl (C=O) groups is 2. The van der Waals surface area contributed by atoms with E-state index in [0.717, 1.165) is 22.1 Å². The van der Waals surface area contributed by atoms with Crippen LogP contribution in [0.3, 0.4) is 0 Å². The maximum absolute atomic E-state index is 13.3. The van der Waals surface area contributed by atoms with E-state index in [9.17, 15) is 9.59 Å². The Bertz CT molecular complexity index is 1300. The molecule has 0 bridgehead atoms. The average molecular weight is 446 g/mol. The third kappa shape index (κ3) is 3.97. The second kappa shape index (κ2) is 8.48. The number of carbonyl (C=O) groups excluding carboxylic acids is 2. The van der Waals surface area contributed by atoms with Crippen molar-refractivity contribution in [2.75, 3.05) is 13.1 Å². The first-order valence-corrected chi connectivity index (χ1v) is 10.7. The molecule has 0 saturated carbocycles. The zero-order valence-electron chi connectivity index (χ0n) is 17.1. The van der Waals surface area contributed by atoms with Gasteiger partial charge in [-0.1, -0.05) is 41.9 Å². The van der Waals surface area contributed by atoms with Crippen molar-refractivity contribution in [3.8, 4) is 11.1 Å². The highest BCUT2D eigenvalue weighted by atomic mass is 35.5. The number of hydrogen-bond donors (Lipinski definition) is 1. The van der Waals surface area contributed by atoms with Crippen molar-refractivity contribution in [2.45, 2.75) is 12.5 Å². The Morgan fingerprint density at radius 2 is 2.00 bits per heavy atom. The van der Waals surface area contributed by atoms with Gasteiger partial charge in [-0.15, -0.1) is 0 Å². The monoisotopic (exact) mass is 445 g/mol. The Morgan fingerprint density at radius 1 is 1.12 bits per heavy atom. The van der Waals surface area contributed by atoms with Crippen LogP contribution in [0.5, 0.6) is 0 Å². The van der Waals surface area contributed by atoms with E-state index in [-0.39, 0.29) is 17.6 Å². The number of aromatic nitrogens is 1. The molecule has 1 fully saturated rings. The van der Waals surface area contributed by atoms with E-state index in [0.29, 0.717) is 30.1 Å². The first kappa shape index (κ1) is 20.3. The van der Waals surface area contributed by atoms with E-state index >= 15 is 0 Å². The molecule has 3 heterocycles. The summed E-state index contributed by atoms with van der Waals surface area (Å²) in [6.07, 6.45) is 3.93. The Morgan fingerprint density at radius 3 is 2.84 bits per heavy atom. The molecule has 1 aliphatic heterocycles. The van der Waals surface area contributed by atoms with E-state index in [1.807, 2.05) is 36.4 Å². The maximum Gasteiger partial charge on any atom is 0.290 e. The molecule has 1 aliphatic rings. The van der Waals surface area contributed by atoms with Gasteiger partial charge < -0.3 is 14.6 Å². The lowest BCUT2D eigenvalue weighted by Crippen LogP contribution is -2.58. The van der Waals surface area contributed by atoms with Crippen LogP contribution in [0.1, 0.15) is 16.1 Å². The molecule has 1 saturated heterocycles. The number of amides is 2. The molecule has 32 heavy (non-hydrogen) atoms. The summed E-state index contributed by atoms with van der Waals surface area (Å²) < 4.78 is 5.76. The summed E-state index contributed by atoms with van der Waals surface area (Å²) in [5.41, 5.74) is 3.55. The van der Waals surface area contributed by atoms with Gasteiger partial charge in [0.1, 0.15) is 11.6 Å². The van der Waals surface area contributed by atoms with Crippen LogP contribution < -0.4 is 5.32 Å². The van der Waals surface area contributed by atoms with Crippen LogP contribution in [-0.2, 0) is 11.2 Å². The fraction of sp³-hybridized carbons (Fsp3) is 0.160. The number of nitrogens with zero attached hydrogens (tertiary/aromatic N) is 2. The lowest BCUT2D eigenvalue weighted by atomic mass is 9.98. The smallest absolute Gasteiger partial charge is 0.290 e. The molecule has 2 aromatic carbocycles. The summed E-state index contributed by atoms with van der Waals surface area (Å²) in [4.78, 5) is 31.8. The number of fused-ring (bicyclic) bond motifs is 1. The summed E-state index contributed by atoms with van der Waals surface area (Å²) in [6, 6.07) is 18.1. The van der Waals surface area contributed by atoms with Crippen LogP contribution in [0.15, 0.2) is 77.5 Å². The Kier molecular flexibility index (Phi) is 5.37. The molecule has 0 aliphatic carbocycles. The van der Waals surface area contributed by atoms with Crippen molar-refractivity contribution in [1.82, 2.24) is 15.2 Å². The molecule has 0 radical (unpaired) electrons. The number of pyridine rings is 1. The van der Waals surface area contributed by atoms with Crippen molar-refractivity contribution in [2.24, 2.45) is 0 Å². The minimum absolute atomic E-state index is 0.171. The largest absolute Gasteiger partial charge is 0.451 e. The van der Waals surface area contributed by atoms with Crippen molar-refractivity contribution in [3.05, 3.63) is 89.4 Å². The fourth-order valence-electron chi connectivity index (χ4n) is 4.06. The number of piperazine rings is 1. The highest BCUT2D eigenvalue weighted by molar-refractivity contribution is 6.31. The van der Waals surface area contributed by atoms with E-state index in [1.165, 1.54) is 0 Å². The van der Waals surface area contributed by atoms with Gasteiger partial charge in [-0.2, -0.15) is 0 Å². The summed E-state index contributed by atoms with van der Waals surface area (Å²) in [6.45, 7) is 0.818. The maximum atomic E-state index is 13.3. The van der Waals surface area contributed by atoms with Crippen LogP contribution in [0, 0.1) is 0 Å². The second-order valence-corrected chi connectivity index (χ2v) is 8.18. The number of nitrogens with one attached hydrogen (secondary N) is 1. The molecule has 2 aromatic heterocycles. The lowest BCUT2D eigenvalue weighted by molar-refractivity contribution is -0.127. The van der Waals surface area contributed by atoms with Gasteiger partial charge in [-0.25, -0.2) is 0 Å². The van der Waals surface area contributed by atoms with Crippen molar-refractivity contribution in [3.63, 3.8) is 0 Å². The zero-order valence-corrected chi connectivity index (χ0v) is 17.9. The van der Waals surface area contributed by atoms with Gasteiger partial charge in [0.15, 0.2) is 5.76 Å². The summed E-state index contributed by atoms with van der Waals surface area (Å²) in [5.74, 6) is -0.276. The predicted molar refractivity (Wildman–Crippen MR) is 122 cm³/mol. The summed E-state index contributed by atoms with van der Waals surface area (Å²) >= 11 is 6.05. The minimum Gasteiger partial charge on any atom is -0.451 e. The van der Waals surface area contributed by atoms with Crippen LogP contribution in [-0.4, -0.2) is 40.8 Å². The van der Waals surface area contributed by atoms with Crippen LogP contribution >= 0.6 is 11.6 Å². The van der Waals surface area contributed by atoms with Gasteiger partial charge in [-0.05, 0) is 47.0 Å². The molecule has 6 nitrogen and oxygen atoms in total. The lowest BCUT2D eigenvalue weighted by Gasteiger charge is -2.34. The molecule has 160 valence electrons. The number of benzene rings is 2. The van der Waals surface area contributed by atoms with Gasteiger partial charge in [0, 0.05) is 42.3 Å². The number of rotatable bonds is 4. The van der Waals surface area contributed by atoms with E-state index in [4.69, 9.17) is 16.0 Å². The van der Waals surface area contributed by atoms with E-state index in [2.05, 4.69) is 10.3 Å². The Hall–Kier alpha value is -3.64. The zero-order chi connectivity index (χ0) is 22.1. The van der Waals surface area contributed by atoms with Crippen LogP contribution in [0.25, 0.3) is 22.1 Å². The molecule has 5 rings (SSSR count). The van der Waals surface area contributed by atoms with Gasteiger partial charge in [0.25, 0.3) is 5.91 Å². The van der Waals surface area contributed by atoms with E-state index in [1.54, 1.807) is 41.6 Å². The SMILES string of the molecule is O=C1NCCN(C(=O)c2cc3cc(Cl)ccc3o2)[C@@H]1Cc1cccc(-c2cccnc2)c1. The van der Waals surface area contributed by atoms with E-state index < -0.39 is 6.04 Å². The number of furan rings is 1. The third-order valence-electron chi connectivity index (χ3n) is 5.63. The van der Waals surface area contributed by atoms with Crippen LogP contribution in [0.2, 0.25) is 5.02 Å². The Labute approximate surface area is 189 Å². The molecular weight excluding hydrogens is 426 g/mol. The third-order valence-corrected chi connectivity index (χ3v) is 5.87. The normalized spacial score (nSPS) is 16.2. The second-order valence-electron chi connectivity index (χ2n) is 7.74. The minimum atomic E-state index is -0.628. The van der Waals surface area contributed by atoms with Crippen molar-refractivity contribution < 1.29 is 14.0 Å².